The van der Waals surface area contributed by atoms with Crippen molar-refractivity contribution in [1.29, 1.82) is 0 Å². The number of hydrogen-bond donors (Lipinski definition) is 1. The van der Waals surface area contributed by atoms with E-state index in [4.69, 9.17) is 18.9 Å². The summed E-state index contributed by atoms with van der Waals surface area (Å²) in [6, 6.07) is 8.77. The molecule has 1 N–H and O–H groups in total. The van der Waals surface area contributed by atoms with E-state index >= 15 is 0 Å². The fourth-order valence-corrected chi connectivity index (χ4v) is 4.80. The summed E-state index contributed by atoms with van der Waals surface area (Å²) in [6.07, 6.45) is 7.38. The zero-order chi connectivity index (χ0) is 23.2. The maximum Gasteiger partial charge on any atom is 0.367 e. The predicted octanol–water partition coefficient (Wildman–Crippen LogP) is 5.55. The van der Waals surface area contributed by atoms with E-state index in [9.17, 15) is 13.0 Å². The van der Waals surface area contributed by atoms with Gasteiger partial charge in [-0.3, -0.25) is 4.55 Å². The molecular formula is C23H40O7S. The Labute approximate surface area is 188 Å². The normalized spacial score (nSPS) is 14.4. The Bertz CT molecular complexity index is 687. The largest absolute Gasteiger partial charge is 0.455 e. The van der Waals surface area contributed by atoms with Crippen LogP contribution in [0.3, 0.4) is 0 Å². The highest BCUT2D eigenvalue weighted by Crippen LogP contribution is 2.42. The van der Waals surface area contributed by atoms with E-state index in [1.165, 1.54) is 19.3 Å². The third-order valence-corrected chi connectivity index (χ3v) is 6.21. The molecule has 31 heavy (non-hydrogen) atoms. The molecule has 0 heterocycles. The molecule has 0 spiro atoms. The van der Waals surface area contributed by atoms with Gasteiger partial charge >= 0.3 is 15.2 Å². The minimum absolute atomic E-state index is 0.0240. The van der Waals surface area contributed by atoms with Gasteiger partial charge in [-0.25, -0.2) is 0 Å². The first-order valence-corrected chi connectivity index (χ1v) is 12.9. The Morgan fingerprint density at radius 2 is 1.29 bits per heavy atom. The van der Waals surface area contributed by atoms with Crippen molar-refractivity contribution in [3.05, 3.63) is 30.3 Å². The molecule has 0 aliphatic rings. The summed E-state index contributed by atoms with van der Waals surface area (Å²) in [4.78, 5) is 0. The summed E-state index contributed by atoms with van der Waals surface area (Å²) in [5.74, 6) is -1.49. The second-order valence-electron chi connectivity index (χ2n) is 7.37. The van der Waals surface area contributed by atoms with Gasteiger partial charge in [-0.2, -0.15) is 8.42 Å². The third-order valence-electron chi connectivity index (χ3n) is 4.99. The van der Waals surface area contributed by atoms with Gasteiger partial charge in [0.1, 0.15) is 5.75 Å². The molecule has 0 saturated carbocycles. The Balaban J connectivity index is 3.32. The fourth-order valence-electron chi connectivity index (χ4n) is 3.67. The highest BCUT2D eigenvalue weighted by atomic mass is 32.2. The molecule has 1 rings (SSSR count). The lowest BCUT2D eigenvalue weighted by Gasteiger charge is -2.45. The number of unbranched alkanes of at least 4 members (excludes halogenated alkanes) is 6. The summed E-state index contributed by atoms with van der Waals surface area (Å²) in [5.41, 5.74) is 0. The Hall–Kier alpha value is -1.19. The summed E-state index contributed by atoms with van der Waals surface area (Å²) in [5, 5.41) is -2.52. The first kappa shape index (κ1) is 27.8. The second-order valence-corrected chi connectivity index (χ2v) is 8.86. The number of rotatable bonds is 18. The first-order chi connectivity index (χ1) is 14.8. The molecule has 0 aromatic heterocycles. The Morgan fingerprint density at radius 1 is 0.774 bits per heavy atom. The van der Waals surface area contributed by atoms with E-state index in [2.05, 4.69) is 6.92 Å². The lowest BCUT2D eigenvalue weighted by molar-refractivity contribution is -0.349. The van der Waals surface area contributed by atoms with E-state index in [-0.39, 0.29) is 26.2 Å². The van der Waals surface area contributed by atoms with E-state index in [0.29, 0.717) is 12.2 Å². The van der Waals surface area contributed by atoms with Crippen LogP contribution in [0.4, 0.5) is 0 Å². The van der Waals surface area contributed by atoms with Crippen molar-refractivity contribution in [2.24, 2.45) is 0 Å². The van der Waals surface area contributed by atoms with Crippen LogP contribution >= 0.6 is 0 Å². The zero-order valence-corrected chi connectivity index (χ0v) is 20.3. The van der Waals surface area contributed by atoms with Crippen LogP contribution in [-0.2, 0) is 24.3 Å². The lowest BCUT2D eigenvalue weighted by Crippen LogP contribution is -2.66. The molecule has 180 valence electrons. The monoisotopic (exact) mass is 460 g/mol. The predicted molar refractivity (Wildman–Crippen MR) is 122 cm³/mol. The van der Waals surface area contributed by atoms with Crippen molar-refractivity contribution in [2.45, 2.75) is 90.0 Å². The molecule has 1 aromatic rings. The highest BCUT2D eigenvalue weighted by Gasteiger charge is 2.66. The van der Waals surface area contributed by atoms with E-state index in [1.807, 2.05) is 6.07 Å². The summed E-state index contributed by atoms with van der Waals surface area (Å²) < 4.78 is 59.1. The summed E-state index contributed by atoms with van der Waals surface area (Å²) in [6.45, 7) is 7.26. The molecule has 1 atom stereocenters. The smallest absolute Gasteiger partial charge is 0.367 e. The van der Waals surface area contributed by atoms with Crippen LogP contribution in [-0.4, -0.2) is 43.7 Å². The third kappa shape index (κ3) is 7.71. The molecular weight excluding hydrogens is 420 g/mol. The molecule has 0 radical (unpaired) electrons. The molecule has 0 saturated heterocycles. The van der Waals surface area contributed by atoms with Gasteiger partial charge in [-0.1, -0.05) is 63.6 Å². The highest BCUT2D eigenvalue weighted by molar-refractivity contribution is 7.87. The Kier molecular flexibility index (Phi) is 12.6. The SMILES string of the molecule is CCCCCCCCCC(OCC)(Oc1ccccc1)C(OCC)(OCC)S(=O)(=O)O. The van der Waals surface area contributed by atoms with Crippen LogP contribution in [0.15, 0.2) is 30.3 Å². The van der Waals surface area contributed by atoms with Gasteiger partial charge in [0, 0.05) is 26.2 Å². The van der Waals surface area contributed by atoms with E-state index < -0.39 is 21.0 Å². The maximum absolute atomic E-state index is 12.7. The lowest BCUT2D eigenvalue weighted by atomic mass is 10.0. The number of ether oxygens (including phenoxy) is 4. The zero-order valence-electron chi connectivity index (χ0n) is 19.5. The number of benzene rings is 1. The number of para-hydroxylation sites is 1. The van der Waals surface area contributed by atoms with Gasteiger partial charge in [-0.15, -0.1) is 0 Å². The maximum atomic E-state index is 12.7. The van der Waals surface area contributed by atoms with Gasteiger partial charge in [0.2, 0.25) is 0 Å². The van der Waals surface area contributed by atoms with Gasteiger partial charge in [0.15, 0.2) is 0 Å². The number of hydrogen-bond acceptors (Lipinski definition) is 6. The van der Waals surface area contributed by atoms with Gasteiger partial charge in [0.05, 0.1) is 0 Å². The van der Waals surface area contributed by atoms with Crippen LogP contribution < -0.4 is 4.74 Å². The van der Waals surface area contributed by atoms with Crippen LogP contribution in [0.1, 0.15) is 79.1 Å². The van der Waals surface area contributed by atoms with Crippen molar-refractivity contribution >= 4 is 10.1 Å². The van der Waals surface area contributed by atoms with Crippen molar-refractivity contribution in [3.8, 4) is 5.75 Å². The van der Waals surface area contributed by atoms with Crippen LogP contribution in [0.2, 0.25) is 0 Å². The molecule has 0 fully saturated rings. The van der Waals surface area contributed by atoms with Crippen LogP contribution in [0.5, 0.6) is 5.75 Å². The second kappa shape index (κ2) is 14.1. The molecule has 0 aliphatic carbocycles. The van der Waals surface area contributed by atoms with E-state index in [0.717, 1.165) is 19.3 Å². The minimum atomic E-state index is -4.90. The van der Waals surface area contributed by atoms with Gasteiger partial charge < -0.3 is 18.9 Å². The first-order valence-electron chi connectivity index (χ1n) is 11.4. The summed E-state index contributed by atoms with van der Waals surface area (Å²) >= 11 is 0. The molecule has 1 unspecified atom stereocenters. The quantitative estimate of drug-likeness (QED) is 0.174. The topological polar surface area (TPSA) is 91.3 Å². The molecule has 0 aliphatic heterocycles. The molecule has 1 aromatic carbocycles. The molecule has 0 amide bonds. The molecule has 7 nitrogen and oxygen atoms in total. The average Bonchev–Trinajstić information content (AvgIpc) is 2.72. The minimum Gasteiger partial charge on any atom is -0.455 e. The van der Waals surface area contributed by atoms with Crippen molar-refractivity contribution < 1.29 is 31.9 Å². The molecule has 0 bridgehead atoms. The average molecular weight is 461 g/mol. The fraction of sp³-hybridized carbons (Fsp3) is 0.739. The molecule has 8 heteroatoms. The summed E-state index contributed by atoms with van der Waals surface area (Å²) in [7, 11) is -4.90. The van der Waals surface area contributed by atoms with E-state index in [1.54, 1.807) is 45.0 Å². The van der Waals surface area contributed by atoms with Crippen molar-refractivity contribution in [1.82, 2.24) is 0 Å². The van der Waals surface area contributed by atoms with Gasteiger partial charge in [0.25, 0.3) is 5.79 Å². The Morgan fingerprint density at radius 3 is 1.77 bits per heavy atom. The van der Waals surface area contributed by atoms with Crippen LogP contribution in [0.25, 0.3) is 0 Å². The van der Waals surface area contributed by atoms with Gasteiger partial charge in [-0.05, 0) is 39.3 Å². The van der Waals surface area contributed by atoms with Crippen molar-refractivity contribution in [2.75, 3.05) is 19.8 Å². The van der Waals surface area contributed by atoms with Crippen LogP contribution in [0, 0.1) is 0 Å². The standard InChI is InChI=1S/C23H40O7S/c1-5-9-10-11-12-13-17-20-22(27-6-2,30-21-18-15-14-16-19-21)23(28-7-3,29-8-4)31(24,25)26/h14-16,18-19H,5-13,17,20H2,1-4H3,(H,24,25,26). The van der Waals surface area contributed by atoms with Crippen molar-refractivity contribution in [3.63, 3.8) is 0 Å².